The summed E-state index contributed by atoms with van der Waals surface area (Å²) in [7, 11) is 0. The van der Waals surface area contributed by atoms with Gasteiger partial charge in [-0.3, -0.25) is 14.9 Å². The molecule has 3 N–H and O–H groups in total. The van der Waals surface area contributed by atoms with E-state index in [2.05, 4.69) is 30.3 Å². The van der Waals surface area contributed by atoms with Crippen LogP contribution in [0.4, 0.5) is 28.3 Å². The summed E-state index contributed by atoms with van der Waals surface area (Å²) >= 11 is 0.862. The molecular weight excluding hydrogens is 506 g/mol. The monoisotopic (exact) mass is 539 g/mol. The van der Waals surface area contributed by atoms with Crippen molar-refractivity contribution >= 4 is 52.5 Å². The molecule has 2 amide bonds. The van der Waals surface area contributed by atoms with Gasteiger partial charge in [-0.2, -0.15) is 9.97 Å². The molecule has 12 nitrogen and oxygen atoms in total. The van der Waals surface area contributed by atoms with Crippen molar-refractivity contribution in [2.45, 2.75) is 32.6 Å². The first-order valence-corrected chi connectivity index (χ1v) is 13.9. The minimum Gasteiger partial charge on any atom is -0.396 e. The summed E-state index contributed by atoms with van der Waals surface area (Å²) in [6, 6.07) is 3.80. The number of hydrogen-bond acceptors (Lipinski definition) is 12. The van der Waals surface area contributed by atoms with E-state index in [9.17, 15) is 9.59 Å². The third-order valence-corrected chi connectivity index (χ3v) is 7.43. The predicted molar refractivity (Wildman–Crippen MR) is 149 cm³/mol. The number of amides is 2. The van der Waals surface area contributed by atoms with Crippen molar-refractivity contribution in [2.75, 3.05) is 72.4 Å². The number of carbonyl (C=O) groups is 2. The van der Waals surface area contributed by atoms with Gasteiger partial charge in [0, 0.05) is 70.2 Å². The number of carbonyl (C=O) groups excluding carboxylic acids is 2. The van der Waals surface area contributed by atoms with Crippen LogP contribution >= 0.6 is 11.8 Å². The van der Waals surface area contributed by atoms with E-state index in [1.54, 1.807) is 12.1 Å². The lowest BCUT2D eigenvalue weighted by Gasteiger charge is -2.25. The van der Waals surface area contributed by atoms with Crippen LogP contribution in [0.25, 0.3) is 6.08 Å². The van der Waals surface area contributed by atoms with Gasteiger partial charge in [0.05, 0.1) is 10.6 Å². The highest BCUT2D eigenvalue weighted by atomic mass is 32.2. The molecule has 0 unspecified atom stereocenters. The van der Waals surface area contributed by atoms with Crippen LogP contribution in [0.5, 0.6) is 0 Å². The molecule has 3 aliphatic heterocycles. The Morgan fingerprint density at radius 1 is 0.947 bits per heavy atom. The summed E-state index contributed by atoms with van der Waals surface area (Å²) in [6.07, 6.45) is 5.45. The molecule has 3 saturated heterocycles. The molecule has 202 valence electrons. The second-order valence-electron chi connectivity index (χ2n) is 9.52. The Morgan fingerprint density at radius 2 is 1.66 bits per heavy atom. The Kier molecular flexibility index (Phi) is 8.23. The Labute approximate surface area is 225 Å². The van der Waals surface area contributed by atoms with Crippen molar-refractivity contribution in [3.63, 3.8) is 0 Å². The minimum atomic E-state index is -0.422. The molecule has 13 heteroatoms. The second-order valence-corrected chi connectivity index (χ2v) is 10.5. The van der Waals surface area contributed by atoms with E-state index in [4.69, 9.17) is 20.1 Å². The van der Waals surface area contributed by atoms with Crippen molar-refractivity contribution < 1.29 is 14.7 Å². The van der Waals surface area contributed by atoms with E-state index in [1.165, 1.54) is 12.8 Å². The first-order valence-electron chi connectivity index (χ1n) is 13.1. The van der Waals surface area contributed by atoms with Gasteiger partial charge in [0.2, 0.25) is 11.9 Å². The van der Waals surface area contributed by atoms with Gasteiger partial charge < -0.3 is 25.1 Å². The third kappa shape index (κ3) is 6.33. The molecule has 0 spiro atoms. The fraction of sp³-hybridized carbons (Fsp3) is 0.520. The first-order chi connectivity index (χ1) is 18.5. The smallest absolute Gasteiger partial charge is 0.290 e. The van der Waals surface area contributed by atoms with Crippen molar-refractivity contribution in [1.29, 1.82) is 0 Å². The molecule has 2 aromatic rings. The molecule has 5 heterocycles. The first kappa shape index (κ1) is 26.2. The van der Waals surface area contributed by atoms with Gasteiger partial charge in [0.1, 0.15) is 11.6 Å². The number of aliphatic hydroxyl groups is 1. The number of thioether (sulfide) groups is 1. The largest absolute Gasteiger partial charge is 0.396 e. The predicted octanol–water partition coefficient (Wildman–Crippen LogP) is 2.01. The Hall–Kier alpha value is -3.45. The third-order valence-electron chi connectivity index (χ3n) is 6.62. The zero-order valence-corrected chi connectivity index (χ0v) is 22.3. The van der Waals surface area contributed by atoms with Gasteiger partial charge >= 0.3 is 0 Å². The Bertz CT molecular complexity index is 1220. The average Bonchev–Trinajstić information content (AvgIpc) is 3.46. The molecule has 0 atom stereocenters. The summed E-state index contributed by atoms with van der Waals surface area (Å²) in [5.74, 6) is 2.50. The molecule has 5 rings (SSSR count). The van der Waals surface area contributed by atoms with Gasteiger partial charge in [-0.05, 0) is 50.4 Å². The highest BCUT2D eigenvalue weighted by Crippen LogP contribution is 2.27. The van der Waals surface area contributed by atoms with Crippen molar-refractivity contribution in [2.24, 2.45) is 0 Å². The summed E-state index contributed by atoms with van der Waals surface area (Å²) in [5.41, 5.74) is 1.50. The lowest BCUT2D eigenvalue weighted by Crippen LogP contribution is -2.32. The van der Waals surface area contributed by atoms with Crippen LogP contribution in [0.2, 0.25) is 0 Å². The SMILES string of the molecule is Cc1cc(N2CCCN(c3nc(/C=C4\SC(=O)NC4=O)cc(NCCCO)n3)CC2)nc(N2CCCC2)n1. The van der Waals surface area contributed by atoms with Gasteiger partial charge in [-0.25, -0.2) is 9.97 Å². The van der Waals surface area contributed by atoms with E-state index in [0.29, 0.717) is 41.9 Å². The minimum absolute atomic E-state index is 0.0741. The van der Waals surface area contributed by atoms with E-state index in [1.807, 2.05) is 13.0 Å². The lowest BCUT2D eigenvalue weighted by atomic mass is 10.3. The molecule has 0 aliphatic carbocycles. The zero-order chi connectivity index (χ0) is 26.5. The standard InChI is InChI=1S/C25H33N9O3S/c1-17-14-21(30-23(27-17)33-7-2-3-8-33)32-9-5-10-34(12-11-32)24-28-18(15-19-22(36)31-25(37)38-19)16-20(29-24)26-6-4-13-35/h14-16,35H,2-13H2,1H3,(H,26,28,29)(H,31,36,37)/b19-15-. The highest BCUT2D eigenvalue weighted by molar-refractivity contribution is 8.18. The van der Waals surface area contributed by atoms with Crippen LogP contribution in [0.1, 0.15) is 37.1 Å². The maximum absolute atomic E-state index is 12.1. The topological polar surface area (TPSA) is 140 Å². The number of nitrogens with zero attached hydrogens (tertiary/aromatic N) is 7. The summed E-state index contributed by atoms with van der Waals surface area (Å²) in [5, 5.41) is 14.3. The molecule has 3 aliphatic rings. The fourth-order valence-corrected chi connectivity index (χ4v) is 5.38. The molecular formula is C25H33N9O3S. The molecule has 2 aromatic heterocycles. The van der Waals surface area contributed by atoms with Crippen LogP contribution < -0.4 is 25.3 Å². The van der Waals surface area contributed by atoms with Crippen LogP contribution in [0, 0.1) is 6.92 Å². The van der Waals surface area contributed by atoms with Crippen molar-refractivity contribution in [3.8, 4) is 0 Å². The summed E-state index contributed by atoms with van der Waals surface area (Å²) in [6.45, 7) is 7.73. The molecule has 0 bridgehead atoms. The van der Waals surface area contributed by atoms with Crippen LogP contribution in [-0.2, 0) is 4.79 Å². The number of hydrogen-bond donors (Lipinski definition) is 3. The number of anilines is 4. The molecule has 0 aromatic carbocycles. The molecule has 3 fully saturated rings. The highest BCUT2D eigenvalue weighted by Gasteiger charge is 2.26. The maximum atomic E-state index is 12.1. The van der Waals surface area contributed by atoms with Gasteiger partial charge in [-0.1, -0.05) is 0 Å². The normalized spacial score (nSPS) is 19.3. The van der Waals surface area contributed by atoms with Crippen molar-refractivity contribution in [3.05, 3.63) is 28.4 Å². The zero-order valence-electron chi connectivity index (χ0n) is 21.5. The van der Waals surface area contributed by atoms with E-state index in [-0.39, 0.29) is 6.61 Å². The maximum Gasteiger partial charge on any atom is 0.290 e. The Morgan fingerprint density at radius 3 is 2.42 bits per heavy atom. The number of rotatable bonds is 8. The number of aromatic nitrogens is 4. The average molecular weight is 540 g/mol. The van der Waals surface area contributed by atoms with Crippen LogP contribution in [0.3, 0.4) is 0 Å². The fourth-order valence-electron chi connectivity index (χ4n) is 4.71. The van der Waals surface area contributed by atoms with Crippen LogP contribution in [0.15, 0.2) is 17.0 Å². The molecule has 38 heavy (non-hydrogen) atoms. The lowest BCUT2D eigenvalue weighted by molar-refractivity contribution is -0.115. The second kappa shape index (κ2) is 11.9. The number of aliphatic hydroxyl groups excluding tert-OH is 1. The summed E-state index contributed by atoms with van der Waals surface area (Å²) < 4.78 is 0. The quantitative estimate of drug-likeness (QED) is 0.334. The van der Waals surface area contributed by atoms with Gasteiger partial charge in [0.25, 0.3) is 11.1 Å². The Balaban J connectivity index is 1.35. The number of aryl methyl sites for hydroxylation is 1. The summed E-state index contributed by atoms with van der Waals surface area (Å²) in [4.78, 5) is 49.7. The van der Waals surface area contributed by atoms with Gasteiger partial charge in [-0.15, -0.1) is 0 Å². The van der Waals surface area contributed by atoms with E-state index >= 15 is 0 Å². The number of nitrogens with one attached hydrogen (secondary N) is 2. The molecule has 0 radical (unpaired) electrons. The van der Waals surface area contributed by atoms with E-state index in [0.717, 1.165) is 68.4 Å². The van der Waals surface area contributed by atoms with Crippen LogP contribution in [-0.4, -0.2) is 88.6 Å². The number of imide groups is 1. The van der Waals surface area contributed by atoms with Gasteiger partial charge in [0.15, 0.2) is 0 Å². The van der Waals surface area contributed by atoms with Crippen molar-refractivity contribution in [1.82, 2.24) is 25.3 Å². The van der Waals surface area contributed by atoms with E-state index < -0.39 is 11.1 Å². The molecule has 0 saturated carbocycles.